The molecule has 0 saturated carbocycles. The molecule has 0 bridgehead atoms. The summed E-state index contributed by atoms with van der Waals surface area (Å²) < 4.78 is 40.3. The number of ether oxygens (including phenoxy) is 1. The molecule has 1 aromatic rings. The third-order valence-corrected chi connectivity index (χ3v) is 2.32. The van der Waals surface area contributed by atoms with Crippen molar-refractivity contribution < 1.29 is 17.9 Å². The smallest absolute Gasteiger partial charge is 0.376 e. The van der Waals surface area contributed by atoms with Crippen LogP contribution in [-0.2, 0) is 11.3 Å². The van der Waals surface area contributed by atoms with Crippen molar-refractivity contribution in [3.63, 3.8) is 0 Å². The molecule has 1 aromatic carbocycles. The first kappa shape index (κ1) is 13.8. The molecule has 0 aliphatic heterocycles. The van der Waals surface area contributed by atoms with Crippen LogP contribution in [0.15, 0.2) is 18.2 Å². The van der Waals surface area contributed by atoms with Crippen LogP contribution < -0.4 is 0 Å². The highest BCUT2D eigenvalue weighted by molar-refractivity contribution is 6.31. The van der Waals surface area contributed by atoms with E-state index in [0.29, 0.717) is 16.1 Å². The second-order valence-electron chi connectivity index (χ2n) is 3.34. The Hall–Kier alpha value is -1.25. The van der Waals surface area contributed by atoms with Crippen LogP contribution in [0.3, 0.4) is 0 Å². The van der Waals surface area contributed by atoms with E-state index in [2.05, 4.69) is 0 Å². The lowest BCUT2D eigenvalue weighted by molar-refractivity contribution is -0.146. The van der Waals surface area contributed by atoms with Crippen molar-refractivity contribution in [2.45, 2.75) is 19.2 Å². The van der Waals surface area contributed by atoms with E-state index in [1.165, 1.54) is 12.1 Å². The van der Waals surface area contributed by atoms with Crippen LogP contribution in [0.1, 0.15) is 17.5 Å². The quantitative estimate of drug-likeness (QED) is 0.777. The number of halogens is 4. The molecule has 17 heavy (non-hydrogen) atoms. The molecule has 92 valence electrons. The minimum absolute atomic E-state index is 0.000617. The molecule has 6 heteroatoms. The summed E-state index contributed by atoms with van der Waals surface area (Å²) in [6, 6.07) is 6.46. The molecule has 0 aromatic heterocycles. The average Bonchev–Trinajstić information content (AvgIpc) is 2.24. The molecule has 2 nitrogen and oxygen atoms in total. The first-order valence-corrected chi connectivity index (χ1v) is 5.13. The molecule has 0 fully saturated rings. The lowest BCUT2D eigenvalue weighted by Crippen LogP contribution is -2.11. The molecule has 0 spiro atoms. The van der Waals surface area contributed by atoms with Crippen LogP contribution >= 0.6 is 11.6 Å². The topological polar surface area (TPSA) is 33.0 Å². The maximum Gasteiger partial charge on any atom is 0.391 e. The molecule has 0 saturated heterocycles. The van der Waals surface area contributed by atoms with Crippen molar-refractivity contribution in [2.75, 3.05) is 6.61 Å². The SMILES string of the molecule is N#Cc1ccc(COCCC(F)(F)F)c(Cl)c1. The minimum Gasteiger partial charge on any atom is -0.376 e. The van der Waals surface area contributed by atoms with Crippen LogP contribution in [0.5, 0.6) is 0 Å². The maximum atomic E-state index is 11.8. The molecular formula is C11H9ClF3NO. The van der Waals surface area contributed by atoms with Crippen LogP contribution in [0.25, 0.3) is 0 Å². The van der Waals surface area contributed by atoms with Gasteiger partial charge in [0.25, 0.3) is 0 Å². The van der Waals surface area contributed by atoms with Crippen LogP contribution in [0, 0.1) is 11.3 Å². The molecular weight excluding hydrogens is 255 g/mol. The lowest BCUT2D eigenvalue weighted by Gasteiger charge is -2.08. The van der Waals surface area contributed by atoms with Gasteiger partial charge in [-0.3, -0.25) is 0 Å². The number of nitriles is 1. The highest BCUT2D eigenvalue weighted by Crippen LogP contribution is 2.21. The monoisotopic (exact) mass is 263 g/mol. The van der Waals surface area contributed by atoms with Crippen molar-refractivity contribution in [3.8, 4) is 6.07 Å². The van der Waals surface area contributed by atoms with Crippen molar-refractivity contribution >= 4 is 11.6 Å². The van der Waals surface area contributed by atoms with Gasteiger partial charge in [-0.25, -0.2) is 0 Å². The Kier molecular flexibility index (Phi) is 4.79. The van der Waals surface area contributed by atoms with Gasteiger partial charge in [0.2, 0.25) is 0 Å². The Morgan fingerprint density at radius 1 is 1.35 bits per heavy atom. The lowest BCUT2D eigenvalue weighted by atomic mass is 10.1. The highest BCUT2D eigenvalue weighted by Gasteiger charge is 2.26. The molecule has 0 N–H and O–H groups in total. The summed E-state index contributed by atoms with van der Waals surface area (Å²) in [4.78, 5) is 0. The standard InChI is InChI=1S/C11H9ClF3NO/c12-10-5-8(6-16)1-2-9(10)7-17-4-3-11(13,14)15/h1-2,5H,3-4,7H2. The van der Waals surface area contributed by atoms with E-state index < -0.39 is 19.2 Å². The predicted molar refractivity (Wildman–Crippen MR) is 56.5 cm³/mol. The number of hydrogen-bond acceptors (Lipinski definition) is 2. The van der Waals surface area contributed by atoms with Gasteiger partial charge in [-0.2, -0.15) is 18.4 Å². The van der Waals surface area contributed by atoms with Crippen LogP contribution in [0.2, 0.25) is 5.02 Å². The number of hydrogen-bond donors (Lipinski definition) is 0. The zero-order chi connectivity index (χ0) is 12.9. The Morgan fingerprint density at radius 2 is 2.06 bits per heavy atom. The highest BCUT2D eigenvalue weighted by atomic mass is 35.5. The zero-order valence-electron chi connectivity index (χ0n) is 8.72. The fourth-order valence-corrected chi connectivity index (χ4v) is 1.34. The van der Waals surface area contributed by atoms with E-state index in [1.807, 2.05) is 6.07 Å². The van der Waals surface area contributed by atoms with Gasteiger partial charge in [-0.05, 0) is 17.7 Å². The Morgan fingerprint density at radius 3 is 2.59 bits per heavy atom. The number of rotatable bonds is 4. The minimum atomic E-state index is -4.21. The molecule has 1 rings (SSSR count). The van der Waals surface area contributed by atoms with Crippen molar-refractivity contribution in [2.24, 2.45) is 0 Å². The summed E-state index contributed by atoms with van der Waals surface area (Å²) in [7, 11) is 0. The molecule has 0 amide bonds. The number of benzene rings is 1. The Balaban J connectivity index is 2.45. The van der Waals surface area contributed by atoms with Crippen molar-refractivity contribution in [1.29, 1.82) is 5.26 Å². The average molecular weight is 264 g/mol. The number of alkyl halides is 3. The van der Waals surface area contributed by atoms with Gasteiger partial charge in [0.05, 0.1) is 31.3 Å². The largest absolute Gasteiger partial charge is 0.391 e. The van der Waals surface area contributed by atoms with E-state index in [9.17, 15) is 13.2 Å². The molecule has 0 unspecified atom stereocenters. The van der Waals surface area contributed by atoms with Gasteiger partial charge in [-0.15, -0.1) is 0 Å². The molecule has 0 aliphatic carbocycles. The molecule has 0 aliphatic rings. The fraction of sp³-hybridized carbons (Fsp3) is 0.364. The van der Waals surface area contributed by atoms with Crippen molar-refractivity contribution in [1.82, 2.24) is 0 Å². The van der Waals surface area contributed by atoms with E-state index in [0.717, 1.165) is 0 Å². The fourth-order valence-electron chi connectivity index (χ4n) is 1.10. The summed E-state index contributed by atoms with van der Waals surface area (Å²) in [5, 5.41) is 8.91. The third-order valence-electron chi connectivity index (χ3n) is 1.97. The van der Waals surface area contributed by atoms with Gasteiger partial charge in [0, 0.05) is 5.02 Å². The summed E-state index contributed by atoms with van der Waals surface area (Å²) in [6.45, 7) is -0.402. The van der Waals surface area contributed by atoms with Crippen molar-refractivity contribution in [3.05, 3.63) is 34.3 Å². The van der Waals surface area contributed by atoms with Gasteiger partial charge >= 0.3 is 6.18 Å². The molecule has 0 atom stereocenters. The van der Waals surface area contributed by atoms with E-state index in [-0.39, 0.29) is 6.61 Å². The zero-order valence-corrected chi connectivity index (χ0v) is 9.48. The number of nitrogens with zero attached hydrogens (tertiary/aromatic N) is 1. The van der Waals surface area contributed by atoms with Gasteiger partial charge in [-0.1, -0.05) is 17.7 Å². The van der Waals surface area contributed by atoms with E-state index >= 15 is 0 Å². The third kappa shape index (κ3) is 5.07. The summed E-state index contributed by atoms with van der Waals surface area (Å²) >= 11 is 5.82. The van der Waals surface area contributed by atoms with Crippen LogP contribution in [-0.4, -0.2) is 12.8 Å². The molecule has 0 heterocycles. The first-order chi connectivity index (χ1) is 7.92. The Bertz CT molecular complexity index is 426. The second kappa shape index (κ2) is 5.89. The summed E-state index contributed by atoms with van der Waals surface area (Å²) in [5.74, 6) is 0. The van der Waals surface area contributed by atoms with E-state index in [4.69, 9.17) is 21.6 Å². The van der Waals surface area contributed by atoms with Gasteiger partial charge in [0.1, 0.15) is 0 Å². The Labute approximate surface area is 102 Å². The first-order valence-electron chi connectivity index (χ1n) is 4.75. The van der Waals surface area contributed by atoms with Gasteiger partial charge < -0.3 is 4.74 Å². The maximum absolute atomic E-state index is 11.8. The second-order valence-corrected chi connectivity index (χ2v) is 3.74. The predicted octanol–water partition coefficient (Wildman–Crippen LogP) is 3.68. The van der Waals surface area contributed by atoms with Crippen LogP contribution in [0.4, 0.5) is 13.2 Å². The summed E-state index contributed by atoms with van der Waals surface area (Å²) in [6.07, 6.45) is -5.20. The van der Waals surface area contributed by atoms with Gasteiger partial charge in [0.15, 0.2) is 0 Å². The normalized spacial score (nSPS) is 11.2. The van der Waals surface area contributed by atoms with E-state index in [1.54, 1.807) is 6.07 Å². The molecule has 0 radical (unpaired) electrons. The summed E-state index contributed by atoms with van der Waals surface area (Å²) in [5.41, 5.74) is 0.960.